The number of aliphatic imine (C=N–C) groups is 5. The van der Waals surface area contributed by atoms with E-state index in [2.05, 4.69) is 46.8 Å². The zero-order valence-corrected chi connectivity index (χ0v) is 74.7. The van der Waals surface area contributed by atoms with E-state index in [9.17, 15) is 71.5 Å². The second-order valence-electron chi connectivity index (χ2n) is 34.9. The number of Topliss-reactive ketones (excluding diaryl/α,β-unsaturated/α-hetero) is 5. The molecule has 5 atom stereocenters. The summed E-state index contributed by atoms with van der Waals surface area (Å²) in [6.45, 7) is 13.3. The summed E-state index contributed by atoms with van der Waals surface area (Å²) in [5.41, 5.74) is 6.96. The Morgan fingerprint density at radius 3 is 1.21 bits per heavy atom. The number of ketones is 5. The summed E-state index contributed by atoms with van der Waals surface area (Å²) < 4.78 is 73.4. The maximum absolute atomic E-state index is 13.9. The number of pyridine rings is 3. The van der Waals surface area contributed by atoms with Gasteiger partial charge in [0.15, 0.2) is 45.3 Å². The van der Waals surface area contributed by atoms with Gasteiger partial charge in [0.1, 0.15) is 45.5 Å². The van der Waals surface area contributed by atoms with Gasteiger partial charge in [-0.05, 0) is 226 Å². The van der Waals surface area contributed by atoms with E-state index in [0.29, 0.717) is 124 Å². The highest BCUT2D eigenvalue weighted by Gasteiger charge is 2.58. The Balaban J connectivity index is 0.000000101. The van der Waals surface area contributed by atoms with E-state index in [1.54, 1.807) is 61.9 Å². The highest BCUT2D eigenvalue weighted by atomic mass is 32.1. The number of halogens is 5. The summed E-state index contributed by atoms with van der Waals surface area (Å²) in [4.78, 5) is 120. The number of nitrogens with zero attached hydrogens (tertiary/aromatic N) is 15. The van der Waals surface area contributed by atoms with Crippen LogP contribution in [0, 0.1) is 46.3 Å². The van der Waals surface area contributed by atoms with E-state index in [1.807, 2.05) is 173 Å². The average Bonchev–Trinajstić information content (AvgIpc) is 1.62. The lowest BCUT2D eigenvalue weighted by Crippen LogP contribution is -2.48. The third kappa shape index (κ3) is 14.5. The van der Waals surface area contributed by atoms with Crippen LogP contribution in [0.5, 0.6) is 0 Å². The first-order chi connectivity index (χ1) is 64.7. The van der Waals surface area contributed by atoms with Crippen LogP contribution in [0.2, 0.25) is 0 Å². The number of hydrogen-bond acceptors (Lipinski definition) is 28. The number of alkyl halides is 3. The SMILES string of the molecule is CCc1cc2c(s1)N=C1N(c3ccc4ncccc4c3)CC[C@@]1(O)C2=O.Cc1cc2c(cc1C)C(=O)[C@]1(O)CCN(c3ccc4ncccc4c3)C1=N2.Cc1cc2c(cc1F)C(=O)[C@]1(O)CCN(c3ccc4ncccc4c3)C1=N2.Cc1nc2cc(N3CC[C@@]4(O)C(=O)c5cc(F)c(C)cc5N=C34)ccc2o1.O=C1c2cc(C(F)(F)F)ccc2N=C2N(c3ccc4ncsc4c3)CC[C@@]12O. The molecular formula is C102H80F5N15O11S2. The zero-order chi connectivity index (χ0) is 94.0. The van der Waals surface area contributed by atoms with Crippen LogP contribution in [-0.2, 0) is 12.6 Å². The Bertz CT molecular complexity index is 7660. The molecule has 0 amide bonds. The van der Waals surface area contributed by atoms with Gasteiger partial charge in [0.05, 0.1) is 66.2 Å². The number of hydrogen-bond donors (Lipinski definition) is 5. The molecule has 33 heteroatoms. The third-order valence-electron chi connectivity index (χ3n) is 26.5. The van der Waals surface area contributed by atoms with Gasteiger partial charge in [-0.25, -0.2) is 43.7 Å². The van der Waals surface area contributed by atoms with Crippen molar-refractivity contribution >= 4 is 191 Å². The lowest BCUT2D eigenvalue weighted by atomic mass is 9.86. The fourth-order valence-electron chi connectivity index (χ4n) is 19.0. The van der Waals surface area contributed by atoms with Crippen LogP contribution in [0.15, 0.2) is 242 Å². The standard InChI is InChI=1S/C22H19N3O2.C21H16FN3O2.C20H16FN3O3.C20H17N3O2S.C19H12F3N3O2S/c1-13-10-17-19(11-14(13)2)24-21-22(27,20(17)26)7-9-25(21)16-5-6-18-15(12-16)4-3-8-23-18;1-12-9-18-15(11-16(12)22)19(26)21(27)6-8-25(20(21)24-18)14-4-5-17-13(10-14)3-2-7-23-17;1-10-7-15-13(9-14(10)21)18(25)20(26)5-6-24(19(20)23-15)12-3-4-17-16(8-12)22-11(2)27-17;1-2-14-11-15-17(24)20(25)7-9-23(19(20)22-18(15)26-14)13-5-6-16-12(10-13)4-3-8-21-16;20-19(21,22)10-1-3-13-12(7-10)16(26)18(27)5-6-25(17(18)24-13)11-2-4-14-15(8-11)28-9-23-14/h3-6,8,10-12,27H,7,9H2,1-2H3;2-5,7,9-11,27H,6,8H2,1H3;3-4,7-9,26H,5-6H2,1-2H3;3-6,8,10-11,25H,2,7,9H2,1H3;1-4,7-9,27H,5-6H2/t22-;21-;2*20-;18-/m11111/s1. The first-order valence-electron chi connectivity index (χ1n) is 43.7. The molecule has 0 saturated carbocycles. The van der Waals surface area contributed by atoms with Crippen LogP contribution in [0.4, 0.5) is 78.1 Å². The topological polar surface area (TPSA) is 342 Å². The van der Waals surface area contributed by atoms with E-state index >= 15 is 0 Å². The molecule has 6 aromatic heterocycles. The summed E-state index contributed by atoms with van der Waals surface area (Å²) in [5, 5.41) is 59.2. The molecule has 10 aliphatic heterocycles. The number of amidine groups is 5. The maximum Gasteiger partial charge on any atom is 0.416 e. The summed E-state index contributed by atoms with van der Waals surface area (Å²) in [6, 6.07) is 54.3. The van der Waals surface area contributed by atoms with E-state index in [4.69, 9.17) is 14.4 Å². The quantitative estimate of drug-likeness (QED) is 0.0965. The minimum absolute atomic E-state index is 0.0566. The van der Waals surface area contributed by atoms with E-state index in [0.717, 1.165) is 112 Å². The summed E-state index contributed by atoms with van der Waals surface area (Å²) in [7, 11) is 0. The van der Waals surface area contributed by atoms with Gasteiger partial charge in [-0.15, -0.1) is 22.7 Å². The number of aromatic nitrogens is 5. The number of anilines is 5. The molecule has 9 aromatic carbocycles. The number of aryl methyl sites for hydroxylation is 6. The van der Waals surface area contributed by atoms with Crippen molar-refractivity contribution in [1.82, 2.24) is 24.9 Å². The fraction of sp³-hybridized carbons (Fsp3) is 0.225. The summed E-state index contributed by atoms with van der Waals surface area (Å²) >= 11 is 3.00. The predicted molar refractivity (Wildman–Crippen MR) is 509 cm³/mol. The first-order valence-corrected chi connectivity index (χ1v) is 45.4. The highest BCUT2D eigenvalue weighted by molar-refractivity contribution is 7.17. The van der Waals surface area contributed by atoms with Crippen molar-refractivity contribution in [3.05, 3.63) is 290 Å². The van der Waals surface area contributed by atoms with Gasteiger partial charge in [0.25, 0.3) is 0 Å². The molecule has 26 nitrogen and oxygen atoms in total. The normalized spacial score (nSPS) is 21.4. The molecule has 16 heterocycles. The van der Waals surface area contributed by atoms with Crippen molar-refractivity contribution < 1.29 is 75.9 Å². The molecule has 0 radical (unpaired) electrons. The van der Waals surface area contributed by atoms with Crippen LogP contribution < -0.4 is 24.5 Å². The van der Waals surface area contributed by atoms with Crippen LogP contribution in [-0.4, -0.2) is 169 Å². The Hall–Kier alpha value is -14.6. The lowest BCUT2D eigenvalue weighted by Gasteiger charge is -2.30. The minimum atomic E-state index is -4.58. The number of thiophene rings is 1. The second-order valence-corrected chi connectivity index (χ2v) is 36.9. The van der Waals surface area contributed by atoms with Crippen molar-refractivity contribution in [1.29, 1.82) is 0 Å². The molecule has 0 unspecified atom stereocenters. The Labute approximate surface area is 773 Å². The van der Waals surface area contributed by atoms with Gasteiger partial charge in [0.2, 0.25) is 28.9 Å². The summed E-state index contributed by atoms with van der Waals surface area (Å²) in [6.07, 6.45) is 2.70. The summed E-state index contributed by atoms with van der Waals surface area (Å²) in [5.74, 6) is -1.03. The van der Waals surface area contributed by atoms with Gasteiger partial charge >= 0.3 is 6.18 Å². The number of aliphatic hydroxyl groups is 5. The van der Waals surface area contributed by atoms with Crippen molar-refractivity contribution in [2.45, 2.75) is 114 Å². The molecule has 0 bridgehead atoms. The smallest absolute Gasteiger partial charge is 0.416 e. The van der Waals surface area contributed by atoms with Crippen LogP contribution in [0.1, 0.15) is 129 Å². The third-order valence-corrected chi connectivity index (χ3v) is 28.5. The Morgan fingerprint density at radius 2 is 0.763 bits per heavy atom. The first kappa shape index (κ1) is 87.1. The molecule has 5 fully saturated rings. The van der Waals surface area contributed by atoms with Gasteiger partial charge < -0.3 is 54.4 Å². The van der Waals surface area contributed by atoms with Gasteiger partial charge in [-0.1, -0.05) is 25.1 Å². The van der Waals surface area contributed by atoms with Crippen molar-refractivity contribution in [3.63, 3.8) is 0 Å². The number of carbonyl (C=O) groups excluding carboxylic acids is 5. The zero-order valence-electron chi connectivity index (χ0n) is 73.1. The minimum Gasteiger partial charge on any atom is -0.441 e. The molecule has 5 N–H and O–H groups in total. The number of thiazole rings is 1. The van der Waals surface area contributed by atoms with Gasteiger partial charge in [0, 0.05) is 162 Å². The van der Waals surface area contributed by atoms with Crippen molar-refractivity contribution in [3.8, 4) is 0 Å². The lowest BCUT2D eigenvalue weighted by molar-refractivity contribution is -0.137. The molecule has 5 saturated heterocycles. The van der Waals surface area contributed by atoms with Crippen LogP contribution in [0.3, 0.4) is 0 Å². The second kappa shape index (κ2) is 32.4. The van der Waals surface area contributed by atoms with Gasteiger partial charge in [-0.3, -0.25) is 38.9 Å². The largest absolute Gasteiger partial charge is 0.441 e. The maximum atomic E-state index is 13.9. The molecule has 676 valence electrons. The van der Waals surface area contributed by atoms with Crippen molar-refractivity contribution in [2.75, 3.05) is 57.2 Å². The molecule has 0 aliphatic carbocycles. The van der Waals surface area contributed by atoms with E-state index in [1.165, 1.54) is 40.9 Å². The van der Waals surface area contributed by atoms with E-state index < -0.39 is 68.7 Å². The molecule has 135 heavy (non-hydrogen) atoms. The highest BCUT2D eigenvalue weighted by Crippen LogP contribution is 2.50. The monoisotopic (exact) mass is 1850 g/mol. The number of fused-ring (bicyclic) bond motifs is 15. The number of oxazole rings is 1. The van der Waals surface area contributed by atoms with Crippen LogP contribution in [0.25, 0.3) is 54.0 Å². The molecule has 25 rings (SSSR count). The molecule has 0 spiro atoms. The van der Waals surface area contributed by atoms with Crippen molar-refractivity contribution in [2.24, 2.45) is 25.0 Å². The van der Waals surface area contributed by atoms with Gasteiger partial charge in [-0.2, -0.15) is 13.2 Å². The number of carbonyl (C=O) groups is 5. The number of benzene rings is 9. The average molecular weight is 1850 g/mol. The van der Waals surface area contributed by atoms with E-state index in [-0.39, 0.29) is 64.9 Å². The molecule has 15 aromatic rings. The Kier molecular flexibility index (Phi) is 20.9. The number of rotatable bonds is 6. The Morgan fingerprint density at radius 1 is 0.385 bits per heavy atom. The predicted octanol–water partition coefficient (Wildman–Crippen LogP) is 18.6. The molecular weight excluding hydrogens is 1770 g/mol. The molecule has 10 aliphatic rings. The fourth-order valence-corrected chi connectivity index (χ4v) is 20.7. The van der Waals surface area contributed by atoms with Crippen LogP contribution >= 0.6 is 22.7 Å².